The Morgan fingerprint density at radius 2 is 1.93 bits per heavy atom. The van der Waals surface area contributed by atoms with Gasteiger partial charge < -0.3 is 4.90 Å². The maximum atomic E-state index is 13.8. The maximum absolute atomic E-state index is 13.8. The van der Waals surface area contributed by atoms with Gasteiger partial charge in [-0.15, -0.1) is 0 Å². The van der Waals surface area contributed by atoms with Crippen molar-refractivity contribution in [3.05, 3.63) is 105 Å². The largest absolute Gasteiger partial charge is 0.331 e. The van der Waals surface area contributed by atoms with E-state index in [0.29, 0.717) is 30.8 Å². The minimum atomic E-state index is -0.248. The fourth-order valence-electron chi connectivity index (χ4n) is 4.18. The summed E-state index contributed by atoms with van der Waals surface area (Å²) >= 11 is 6.24. The second kappa shape index (κ2) is 8.38. The quantitative estimate of drug-likeness (QED) is 0.527. The van der Waals surface area contributed by atoms with Gasteiger partial charge in [-0.25, -0.2) is 4.39 Å². The topological polar surface area (TPSA) is 20.3 Å². The lowest BCUT2D eigenvalue weighted by Crippen LogP contribution is -2.40. The molecule has 1 unspecified atom stereocenters. The summed E-state index contributed by atoms with van der Waals surface area (Å²) < 4.78 is 13.8. The van der Waals surface area contributed by atoms with E-state index in [1.807, 2.05) is 41.3 Å². The van der Waals surface area contributed by atoms with E-state index in [-0.39, 0.29) is 17.8 Å². The van der Waals surface area contributed by atoms with Crippen molar-refractivity contribution in [3.8, 4) is 0 Å². The maximum Gasteiger partial charge on any atom is 0.223 e. The molecule has 148 valence electrons. The SMILES string of the molecule is Cc1ccccc1CCC(=O)N1CCc2cc(F)ccc2C1c1cccc(Cl)c1. The van der Waals surface area contributed by atoms with Crippen LogP contribution in [-0.4, -0.2) is 17.4 Å². The molecule has 0 spiro atoms. The first kappa shape index (κ1) is 19.7. The van der Waals surface area contributed by atoms with E-state index in [9.17, 15) is 9.18 Å². The van der Waals surface area contributed by atoms with Crippen molar-refractivity contribution in [2.24, 2.45) is 0 Å². The summed E-state index contributed by atoms with van der Waals surface area (Å²) in [5, 5.41) is 0.629. The second-order valence-corrected chi connectivity index (χ2v) is 8.00. The first-order valence-electron chi connectivity index (χ1n) is 9.90. The zero-order valence-corrected chi connectivity index (χ0v) is 17.1. The van der Waals surface area contributed by atoms with Crippen LogP contribution in [0.25, 0.3) is 0 Å². The Hall–Kier alpha value is -2.65. The highest BCUT2D eigenvalue weighted by Gasteiger charge is 2.32. The van der Waals surface area contributed by atoms with Crippen molar-refractivity contribution in [3.63, 3.8) is 0 Å². The van der Waals surface area contributed by atoms with E-state index >= 15 is 0 Å². The molecule has 0 saturated heterocycles. The Morgan fingerprint density at radius 3 is 2.72 bits per heavy atom. The fraction of sp³-hybridized carbons (Fsp3) is 0.240. The summed E-state index contributed by atoms with van der Waals surface area (Å²) in [6.07, 6.45) is 1.80. The Balaban J connectivity index is 1.65. The summed E-state index contributed by atoms with van der Waals surface area (Å²) in [5.41, 5.74) is 5.28. The number of fused-ring (bicyclic) bond motifs is 1. The summed E-state index contributed by atoms with van der Waals surface area (Å²) in [4.78, 5) is 15.2. The van der Waals surface area contributed by atoms with Gasteiger partial charge in [0.2, 0.25) is 5.91 Å². The molecule has 2 nitrogen and oxygen atoms in total. The van der Waals surface area contributed by atoms with Crippen LogP contribution in [0, 0.1) is 12.7 Å². The van der Waals surface area contributed by atoms with E-state index in [4.69, 9.17) is 11.6 Å². The van der Waals surface area contributed by atoms with Crippen molar-refractivity contribution >= 4 is 17.5 Å². The molecule has 0 radical (unpaired) electrons. The van der Waals surface area contributed by atoms with Crippen molar-refractivity contribution in [2.45, 2.75) is 32.2 Å². The van der Waals surface area contributed by atoms with Gasteiger partial charge >= 0.3 is 0 Å². The molecule has 1 atom stereocenters. The third kappa shape index (κ3) is 4.20. The normalized spacial score (nSPS) is 15.8. The van der Waals surface area contributed by atoms with Crippen LogP contribution >= 0.6 is 11.6 Å². The molecule has 0 saturated carbocycles. The zero-order valence-electron chi connectivity index (χ0n) is 16.4. The zero-order chi connectivity index (χ0) is 20.4. The fourth-order valence-corrected chi connectivity index (χ4v) is 4.37. The number of rotatable bonds is 4. The number of carbonyl (C=O) groups is 1. The molecule has 29 heavy (non-hydrogen) atoms. The third-order valence-electron chi connectivity index (χ3n) is 5.69. The van der Waals surface area contributed by atoms with Crippen molar-refractivity contribution in [1.29, 1.82) is 0 Å². The molecule has 0 aliphatic carbocycles. The van der Waals surface area contributed by atoms with Crippen LogP contribution in [0.3, 0.4) is 0 Å². The molecule has 1 aliphatic heterocycles. The predicted molar refractivity (Wildman–Crippen MR) is 115 cm³/mol. The third-order valence-corrected chi connectivity index (χ3v) is 5.92. The lowest BCUT2D eigenvalue weighted by atomic mass is 9.87. The number of amides is 1. The van der Waals surface area contributed by atoms with Gasteiger partial charge in [0.1, 0.15) is 5.82 Å². The molecule has 4 heteroatoms. The first-order chi connectivity index (χ1) is 14.0. The van der Waals surface area contributed by atoms with Gasteiger partial charge in [-0.05, 0) is 71.8 Å². The number of hydrogen-bond donors (Lipinski definition) is 0. The van der Waals surface area contributed by atoms with E-state index in [1.54, 1.807) is 12.1 Å². The Kier molecular flexibility index (Phi) is 5.68. The number of halogens is 2. The first-order valence-corrected chi connectivity index (χ1v) is 10.3. The van der Waals surface area contributed by atoms with Crippen LogP contribution in [0.2, 0.25) is 5.02 Å². The molecule has 0 bridgehead atoms. The van der Waals surface area contributed by atoms with E-state index in [0.717, 1.165) is 16.7 Å². The van der Waals surface area contributed by atoms with Gasteiger partial charge in [0.05, 0.1) is 6.04 Å². The van der Waals surface area contributed by atoms with Crippen molar-refractivity contribution in [1.82, 2.24) is 4.90 Å². The van der Waals surface area contributed by atoms with Crippen LogP contribution in [0.4, 0.5) is 4.39 Å². The molecule has 3 aromatic carbocycles. The standard InChI is InChI=1S/C25H23ClFNO/c1-17-5-2-3-6-18(17)9-12-24(29)28-14-13-19-16-22(27)10-11-23(19)25(28)20-7-4-8-21(26)15-20/h2-8,10-11,15-16,25H,9,12-14H2,1H3. The number of carbonyl (C=O) groups excluding carboxylic acids is 1. The van der Waals surface area contributed by atoms with Gasteiger partial charge in [0.15, 0.2) is 0 Å². The summed E-state index contributed by atoms with van der Waals surface area (Å²) in [7, 11) is 0. The molecule has 0 aromatic heterocycles. The summed E-state index contributed by atoms with van der Waals surface area (Å²) in [5.74, 6) is -0.138. The highest BCUT2D eigenvalue weighted by molar-refractivity contribution is 6.30. The van der Waals surface area contributed by atoms with Crippen molar-refractivity contribution in [2.75, 3.05) is 6.54 Å². The average molecular weight is 408 g/mol. The molecular weight excluding hydrogens is 385 g/mol. The molecule has 3 aromatic rings. The van der Waals surface area contributed by atoms with Gasteiger partial charge in [-0.3, -0.25) is 4.79 Å². The van der Waals surface area contributed by atoms with Gasteiger partial charge in [0, 0.05) is 18.0 Å². The van der Waals surface area contributed by atoms with E-state index < -0.39 is 0 Å². The Bertz CT molecular complexity index is 1050. The van der Waals surface area contributed by atoms with Crippen LogP contribution in [0.5, 0.6) is 0 Å². The van der Waals surface area contributed by atoms with Crippen LogP contribution in [0.15, 0.2) is 66.7 Å². The molecule has 0 N–H and O–H groups in total. The number of hydrogen-bond acceptors (Lipinski definition) is 1. The molecule has 0 fully saturated rings. The van der Waals surface area contributed by atoms with Crippen LogP contribution in [-0.2, 0) is 17.6 Å². The highest BCUT2D eigenvalue weighted by Crippen LogP contribution is 2.36. The summed E-state index contributed by atoms with van der Waals surface area (Å²) in [6.45, 7) is 2.64. The minimum Gasteiger partial charge on any atom is -0.331 e. The second-order valence-electron chi connectivity index (χ2n) is 7.56. The van der Waals surface area contributed by atoms with Gasteiger partial charge in [0.25, 0.3) is 0 Å². The predicted octanol–water partition coefficient (Wildman–Crippen LogP) is 5.89. The monoisotopic (exact) mass is 407 g/mol. The van der Waals surface area contributed by atoms with E-state index in [2.05, 4.69) is 19.1 Å². The molecule has 4 rings (SSSR count). The van der Waals surface area contributed by atoms with Gasteiger partial charge in [-0.2, -0.15) is 0 Å². The van der Waals surface area contributed by atoms with E-state index in [1.165, 1.54) is 17.2 Å². The van der Waals surface area contributed by atoms with Crippen LogP contribution in [0.1, 0.15) is 40.3 Å². The average Bonchev–Trinajstić information content (AvgIpc) is 2.72. The van der Waals surface area contributed by atoms with Gasteiger partial charge in [-0.1, -0.05) is 54.1 Å². The molecule has 1 aliphatic rings. The molecule has 1 heterocycles. The smallest absolute Gasteiger partial charge is 0.223 e. The number of aryl methyl sites for hydroxylation is 2. The number of benzene rings is 3. The lowest BCUT2D eigenvalue weighted by molar-refractivity contribution is -0.133. The summed E-state index contributed by atoms with van der Waals surface area (Å²) in [6, 6.07) is 20.4. The Labute approximate surface area is 175 Å². The minimum absolute atomic E-state index is 0.105. The number of nitrogens with zero attached hydrogens (tertiary/aromatic N) is 1. The highest BCUT2D eigenvalue weighted by atomic mass is 35.5. The Morgan fingerprint density at radius 1 is 1.10 bits per heavy atom. The molecule has 1 amide bonds. The molecular formula is C25H23ClFNO. The van der Waals surface area contributed by atoms with Crippen LogP contribution < -0.4 is 0 Å². The lowest BCUT2D eigenvalue weighted by Gasteiger charge is -2.38. The van der Waals surface area contributed by atoms with Crippen molar-refractivity contribution < 1.29 is 9.18 Å².